The van der Waals surface area contributed by atoms with Crippen molar-refractivity contribution in [2.75, 3.05) is 13.4 Å². The van der Waals surface area contributed by atoms with Gasteiger partial charge in [0.25, 0.3) is 0 Å². The molecule has 9 heteroatoms. The molecule has 1 aliphatic heterocycles. The Kier molecular flexibility index (Phi) is 4.10. The van der Waals surface area contributed by atoms with Crippen LogP contribution in [0.2, 0.25) is 5.02 Å². The Labute approximate surface area is 160 Å². The van der Waals surface area contributed by atoms with Gasteiger partial charge in [-0.1, -0.05) is 17.7 Å². The molecule has 2 aromatic rings. The van der Waals surface area contributed by atoms with Crippen LogP contribution in [0.25, 0.3) is 0 Å². The fraction of sp³-hybridized carbons (Fsp3) is 0.278. The van der Waals surface area contributed by atoms with Crippen LogP contribution in [0.5, 0.6) is 11.5 Å². The molecule has 3 atom stereocenters. The number of sulfone groups is 1. The second-order valence-corrected chi connectivity index (χ2v) is 9.02. The maximum absolute atomic E-state index is 13.1. The average molecular weight is 411 g/mol. The Morgan fingerprint density at radius 3 is 2.44 bits per heavy atom. The van der Waals surface area contributed by atoms with E-state index in [4.69, 9.17) is 21.1 Å². The van der Waals surface area contributed by atoms with Gasteiger partial charge in [-0.05, 0) is 42.0 Å². The van der Waals surface area contributed by atoms with Crippen molar-refractivity contribution >= 4 is 27.4 Å². The van der Waals surface area contributed by atoms with E-state index in [0.29, 0.717) is 22.1 Å². The third kappa shape index (κ3) is 2.59. The standard InChI is InChI=1S/C18H15ClO7S/c19-11-2-4-12(5-3-11)27(23,24)16-15(18(16,8-20)17(21)22)10-1-6-13-14(7-10)26-9-25-13/h1-7,15-16,20H,8-9H2,(H,21,22)/t15-,16+,18+/m0/s1. The highest BCUT2D eigenvalue weighted by atomic mass is 35.5. The van der Waals surface area contributed by atoms with Crippen molar-refractivity contribution in [1.82, 2.24) is 0 Å². The van der Waals surface area contributed by atoms with E-state index in [1.54, 1.807) is 18.2 Å². The molecular formula is C18H15ClO7S. The smallest absolute Gasteiger partial charge is 0.314 e. The summed E-state index contributed by atoms with van der Waals surface area (Å²) in [6.07, 6.45) is 0. The highest BCUT2D eigenvalue weighted by Crippen LogP contribution is 2.64. The largest absolute Gasteiger partial charge is 0.481 e. The molecule has 0 amide bonds. The summed E-state index contributed by atoms with van der Waals surface area (Å²) in [5.41, 5.74) is -1.37. The lowest BCUT2D eigenvalue weighted by Crippen LogP contribution is -2.27. The van der Waals surface area contributed by atoms with Gasteiger partial charge in [0.15, 0.2) is 21.3 Å². The quantitative estimate of drug-likeness (QED) is 0.776. The van der Waals surface area contributed by atoms with Crippen LogP contribution in [0.15, 0.2) is 47.4 Å². The number of aliphatic hydroxyl groups is 1. The lowest BCUT2D eigenvalue weighted by molar-refractivity contribution is -0.145. The summed E-state index contributed by atoms with van der Waals surface area (Å²) in [6.45, 7) is -0.765. The van der Waals surface area contributed by atoms with Crippen molar-refractivity contribution in [1.29, 1.82) is 0 Å². The summed E-state index contributed by atoms with van der Waals surface area (Å²) >= 11 is 5.81. The molecule has 2 N–H and O–H groups in total. The molecule has 2 aliphatic rings. The van der Waals surface area contributed by atoms with Crippen LogP contribution in [-0.4, -0.2) is 43.2 Å². The van der Waals surface area contributed by atoms with Crippen LogP contribution in [0.4, 0.5) is 0 Å². The summed E-state index contributed by atoms with van der Waals surface area (Å²) in [6, 6.07) is 10.3. The lowest BCUT2D eigenvalue weighted by atomic mass is 10.00. The zero-order valence-electron chi connectivity index (χ0n) is 13.8. The zero-order chi connectivity index (χ0) is 19.4. The molecule has 0 unspecified atom stereocenters. The number of halogens is 1. The molecule has 1 fully saturated rings. The van der Waals surface area contributed by atoms with Gasteiger partial charge in [0.05, 0.1) is 16.8 Å². The Hall–Kier alpha value is -2.29. The number of carboxylic acid groups (broad SMARTS) is 1. The fourth-order valence-corrected chi connectivity index (χ4v) is 6.21. The molecule has 27 heavy (non-hydrogen) atoms. The minimum atomic E-state index is -4.03. The first-order chi connectivity index (χ1) is 12.8. The van der Waals surface area contributed by atoms with E-state index in [-0.39, 0.29) is 11.7 Å². The number of ether oxygens (including phenoxy) is 2. The van der Waals surface area contributed by atoms with Crippen molar-refractivity contribution in [2.45, 2.75) is 16.1 Å². The highest BCUT2D eigenvalue weighted by Gasteiger charge is 2.75. The molecule has 1 aliphatic carbocycles. The van der Waals surface area contributed by atoms with E-state index >= 15 is 0 Å². The van der Waals surface area contributed by atoms with Gasteiger partial charge in [-0.15, -0.1) is 0 Å². The van der Waals surface area contributed by atoms with Crippen LogP contribution < -0.4 is 9.47 Å². The van der Waals surface area contributed by atoms with Crippen molar-refractivity contribution in [2.24, 2.45) is 5.41 Å². The zero-order valence-corrected chi connectivity index (χ0v) is 15.4. The van der Waals surface area contributed by atoms with Crippen molar-refractivity contribution in [3.8, 4) is 11.5 Å². The van der Waals surface area contributed by atoms with Gasteiger partial charge in [-0.2, -0.15) is 0 Å². The molecule has 0 aromatic heterocycles. The van der Waals surface area contributed by atoms with Gasteiger partial charge >= 0.3 is 5.97 Å². The summed E-state index contributed by atoms with van der Waals surface area (Å²) in [5.74, 6) is -1.37. The molecule has 0 radical (unpaired) electrons. The number of carbonyl (C=O) groups is 1. The monoisotopic (exact) mass is 410 g/mol. The molecule has 0 bridgehead atoms. The maximum Gasteiger partial charge on any atom is 0.314 e. The summed E-state index contributed by atoms with van der Waals surface area (Å²) < 4.78 is 36.8. The van der Waals surface area contributed by atoms with E-state index in [1.807, 2.05) is 0 Å². The molecule has 4 rings (SSSR count). The molecule has 0 spiro atoms. The van der Waals surface area contributed by atoms with Crippen LogP contribution in [-0.2, 0) is 14.6 Å². The number of aliphatic hydroxyl groups excluding tert-OH is 1. The van der Waals surface area contributed by atoms with Gasteiger partial charge in [0.2, 0.25) is 6.79 Å². The van der Waals surface area contributed by atoms with Crippen LogP contribution in [0.3, 0.4) is 0 Å². The van der Waals surface area contributed by atoms with Crippen LogP contribution in [0.1, 0.15) is 11.5 Å². The number of carboxylic acids is 1. The molecule has 1 saturated carbocycles. The number of benzene rings is 2. The van der Waals surface area contributed by atoms with Gasteiger partial charge in [0, 0.05) is 10.9 Å². The second-order valence-electron chi connectivity index (χ2n) is 6.51. The maximum atomic E-state index is 13.1. The first-order valence-corrected chi connectivity index (χ1v) is 9.98. The Morgan fingerprint density at radius 1 is 1.15 bits per heavy atom. The second kappa shape index (κ2) is 6.12. The molecule has 2 aromatic carbocycles. The number of fused-ring (bicyclic) bond motifs is 1. The van der Waals surface area contributed by atoms with Crippen LogP contribution in [0, 0.1) is 5.41 Å². The molecule has 1 heterocycles. The Bertz CT molecular complexity index is 1020. The number of hydrogen-bond donors (Lipinski definition) is 2. The summed E-state index contributed by atoms with van der Waals surface area (Å²) in [5, 5.41) is 18.7. The highest BCUT2D eigenvalue weighted by molar-refractivity contribution is 7.92. The normalized spacial score (nSPS) is 26.0. The van der Waals surface area contributed by atoms with E-state index in [0.717, 1.165) is 0 Å². The van der Waals surface area contributed by atoms with Crippen molar-refractivity contribution < 1.29 is 32.9 Å². The first kappa shape index (κ1) is 18.1. The fourth-order valence-electron chi connectivity index (χ4n) is 3.72. The van der Waals surface area contributed by atoms with Gasteiger partial charge in [0.1, 0.15) is 5.41 Å². The first-order valence-electron chi connectivity index (χ1n) is 8.05. The topological polar surface area (TPSA) is 110 Å². The van der Waals surface area contributed by atoms with Crippen LogP contribution >= 0.6 is 11.6 Å². The molecule has 7 nitrogen and oxygen atoms in total. The lowest BCUT2D eigenvalue weighted by Gasteiger charge is -2.09. The number of rotatable bonds is 5. The Balaban J connectivity index is 1.80. The predicted molar refractivity (Wildman–Crippen MR) is 94.9 cm³/mol. The third-order valence-electron chi connectivity index (χ3n) is 5.15. The van der Waals surface area contributed by atoms with E-state index in [1.165, 1.54) is 24.3 Å². The minimum absolute atomic E-state index is 0.0417. The summed E-state index contributed by atoms with van der Waals surface area (Å²) in [7, 11) is -4.03. The van der Waals surface area contributed by atoms with Gasteiger partial charge in [-0.25, -0.2) is 8.42 Å². The summed E-state index contributed by atoms with van der Waals surface area (Å²) in [4.78, 5) is 11.9. The Morgan fingerprint density at radius 2 is 1.81 bits per heavy atom. The molecule has 142 valence electrons. The van der Waals surface area contributed by atoms with E-state index in [9.17, 15) is 23.4 Å². The van der Waals surface area contributed by atoms with Crippen molar-refractivity contribution in [3.63, 3.8) is 0 Å². The van der Waals surface area contributed by atoms with Gasteiger partial charge < -0.3 is 19.7 Å². The number of aliphatic carboxylic acids is 1. The molecule has 0 saturated heterocycles. The molecular weight excluding hydrogens is 396 g/mol. The number of hydrogen-bond acceptors (Lipinski definition) is 6. The van der Waals surface area contributed by atoms with Gasteiger partial charge in [-0.3, -0.25) is 4.79 Å². The van der Waals surface area contributed by atoms with E-state index in [2.05, 4.69) is 0 Å². The van der Waals surface area contributed by atoms with E-state index < -0.39 is 39.0 Å². The predicted octanol–water partition coefficient (Wildman–Crippen LogP) is 2.07. The average Bonchev–Trinajstić information content (AvgIpc) is 3.15. The van der Waals surface area contributed by atoms with Crippen molar-refractivity contribution in [3.05, 3.63) is 53.1 Å². The SMILES string of the molecule is O=C(O)[C@@]1(CO)[C@H](S(=O)(=O)c2ccc(Cl)cc2)[C@@H]1c1ccc2c(c1)OCO2. The minimum Gasteiger partial charge on any atom is -0.481 e. The third-order valence-corrected chi connectivity index (χ3v) is 7.69.